The van der Waals surface area contributed by atoms with Gasteiger partial charge in [0.2, 0.25) is 5.88 Å². The predicted octanol–water partition coefficient (Wildman–Crippen LogP) is 2.91. The van der Waals surface area contributed by atoms with Crippen molar-refractivity contribution in [2.24, 2.45) is 0 Å². The van der Waals surface area contributed by atoms with Crippen LogP contribution >= 0.6 is 0 Å². The third-order valence-corrected chi connectivity index (χ3v) is 4.13. The van der Waals surface area contributed by atoms with E-state index in [1.54, 1.807) is 23.7 Å². The minimum Gasteiger partial charge on any atom is -0.489 e. The van der Waals surface area contributed by atoms with Gasteiger partial charge in [0.1, 0.15) is 29.8 Å². The van der Waals surface area contributed by atoms with Crippen molar-refractivity contribution in [3.8, 4) is 17.4 Å². The van der Waals surface area contributed by atoms with Gasteiger partial charge in [-0.25, -0.2) is 13.9 Å². The van der Waals surface area contributed by atoms with E-state index in [1.807, 2.05) is 13.8 Å². The van der Waals surface area contributed by atoms with E-state index in [9.17, 15) is 9.50 Å². The quantitative estimate of drug-likeness (QED) is 0.560. The van der Waals surface area contributed by atoms with Crippen LogP contribution in [0.4, 0.5) is 4.39 Å². The number of hydrogen-bond acceptors (Lipinski definition) is 6. The third kappa shape index (κ3) is 3.06. The highest BCUT2D eigenvalue weighted by Gasteiger charge is 2.18. The standard InChI is InChI=1S/C18H18FN5O3/c1-9-4-12-15(19)13(5-20-17(12)23-9)27-18-16-11(3)14(26-7-10(2)25)6-24(16)22-8-21-18/h4-6,8,10,25H,7H2,1-3H3,(H,20,23). The fourth-order valence-corrected chi connectivity index (χ4v) is 2.87. The lowest BCUT2D eigenvalue weighted by Crippen LogP contribution is -2.12. The summed E-state index contributed by atoms with van der Waals surface area (Å²) in [6.07, 6.45) is 3.68. The zero-order chi connectivity index (χ0) is 19.1. The first kappa shape index (κ1) is 17.2. The smallest absolute Gasteiger partial charge is 0.247 e. The molecule has 27 heavy (non-hydrogen) atoms. The number of ether oxygens (including phenoxy) is 2. The molecule has 0 amide bonds. The number of fused-ring (bicyclic) bond motifs is 2. The van der Waals surface area contributed by atoms with Crippen molar-refractivity contribution < 1.29 is 19.0 Å². The molecule has 4 aromatic rings. The molecule has 0 aromatic carbocycles. The summed E-state index contributed by atoms with van der Waals surface area (Å²) in [5.41, 5.74) is 2.53. The Labute approximate surface area is 153 Å². The number of rotatable bonds is 5. The number of aromatic nitrogens is 5. The van der Waals surface area contributed by atoms with E-state index in [0.717, 1.165) is 11.3 Å². The van der Waals surface area contributed by atoms with E-state index >= 15 is 0 Å². The maximum atomic E-state index is 14.8. The van der Waals surface area contributed by atoms with Crippen molar-refractivity contribution in [1.29, 1.82) is 0 Å². The Hall–Kier alpha value is -3.20. The highest BCUT2D eigenvalue weighted by Crippen LogP contribution is 2.34. The molecule has 0 saturated heterocycles. The molecule has 0 radical (unpaired) electrons. The molecular formula is C18H18FN5O3. The molecule has 9 heteroatoms. The number of aromatic amines is 1. The van der Waals surface area contributed by atoms with Crippen LogP contribution in [0.25, 0.3) is 16.6 Å². The summed E-state index contributed by atoms with van der Waals surface area (Å²) < 4.78 is 27.7. The summed E-state index contributed by atoms with van der Waals surface area (Å²) in [6, 6.07) is 1.67. The first-order valence-electron chi connectivity index (χ1n) is 8.39. The molecule has 1 atom stereocenters. The lowest BCUT2D eigenvalue weighted by atomic mass is 10.3. The van der Waals surface area contributed by atoms with Gasteiger partial charge in [-0.1, -0.05) is 0 Å². The summed E-state index contributed by atoms with van der Waals surface area (Å²) in [6.45, 7) is 5.42. The molecule has 0 aliphatic heterocycles. The van der Waals surface area contributed by atoms with E-state index in [2.05, 4.69) is 20.1 Å². The minimum absolute atomic E-state index is 0.0332. The highest BCUT2D eigenvalue weighted by molar-refractivity contribution is 5.79. The Kier molecular flexibility index (Phi) is 4.15. The summed E-state index contributed by atoms with van der Waals surface area (Å²) in [5, 5.41) is 13.9. The molecular weight excluding hydrogens is 353 g/mol. The van der Waals surface area contributed by atoms with Crippen LogP contribution in [0.3, 0.4) is 0 Å². The normalized spacial score (nSPS) is 12.6. The highest BCUT2D eigenvalue weighted by atomic mass is 19.1. The molecule has 8 nitrogen and oxygen atoms in total. The number of aliphatic hydroxyl groups excluding tert-OH is 1. The van der Waals surface area contributed by atoms with Gasteiger partial charge in [0.15, 0.2) is 11.6 Å². The van der Waals surface area contributed by atoms with Crippen LogP contribution in [0.5, 0.6) is 17.4 Å². The molecule has 0 spiro atoms. The maximum absolute atomic E-state index is 14.8. The third-order valence-electron chi connectivity index (χ3n) is 4.13. The number of nitrogens with zero attached hydrogens (tertiary/aromatic N) is 4. The molecule has 0 fully saturated rings. The minimum atomic E-state index is -0.606. The van der Waals surface area contributed by atoms with Crippen molar-refractivity contribution in [3.05, 3.63) is 41.9 Å². The van der Waals surface area contributed by atoms with Gasteiger partial charge in [0.25, 0.3) is 0 Å². The average molecular weight is 371 g/mol. The SMILES string of the molecule is Cc1cc2c(F)c(Oc3ncnn4cc(OCC(C)O)c(C)c34)cnc2[nH]1. The van der Waals surface area contributed by atoms with Gasteiger partial charge in [-0.2, -0.15) is 10.1 Å². The van der Waals surface area contributed by atoms with Crippen LogP contribution in [-0.4, -0.2) is 42.4 Å². The lowest BCUT2D eigenvalue weighted by molar-refractivity contribution is 0.122. The monoisotopic (exact) mass is 371 g/mol. The zero-order valence-electron chi connectivity index (χ0n) is 15.0. The number of aliphatic hydroxyl groups is 1. The summed E-state index contributed by atoms with van der Waals surface area (Å²) in [7, 11) is 0. The average Bonchev–Trinajstić information content (AvgIpc) is 3.16. The van der Waals surface area contributed by atoms with E-state index in [-0.39, 0.29) is 18.2 Å². The van der Waals surface area contributed by atoms with Crippen molar-refractivity contribution in [2.45, 2.75) is 26.9 Å². The number of aryl methyl sites for hydroxylation is 2. The maximum Gasteiger partial charge on any atom is 0.247 e. The summed E-state index contributed by atoms with van der Waals surface area (Å²) >= 11 is 0. The second-order valence-electron chi connectivity index (χ2n) is 6.39. The first-order valence-corrected chi connectivity index (χ1v) is 8.39. The van der Waals surface area contributed by atoms with Gasteiger partial charge in [-0.3, -0.25) is 0 Å². The Morgan fingerprint density at radius 3 is 2.89 bits per heavy atom. The van der Waals surface area contributed by atoms with Crippen LogP contribution in [0.2, 0.25) is 0 Å². The van der Waals surface area contributed by atoms with Crippen LogP contribution in [0.15, 0.2) is 24.8 Å². The first-order chi connectivity index (χ1) is 12.9. The number of halogens is 1. The topological polar surface area (TPSA) is 97.6 Å². The second kappa shape index (κ2) is 6.51. The number of pyridine rings is 1. The van der Waals surface area contributed by atoms with Crippen LogP contribution in [0.1, 0.15) is 18.2 Å². The predicted molar refractivity (Wildman–Crippen MR) is 95.8 cm³/mol. The molecule has 0 aliphatic carbocycles. The molecule has 4 rings (SSSR count). The summed E-state index contributed by atoms with van der Waals surface area (Å²) in [4.78, 5) is 11.3. The van der Waals surface area contributed by atoms with E-state index in [1.165, 1.54) is 12.5 Å². The zero-order valence-corrected chi connectivity index (χ0v) is 15.0. The van der Waals surface area contributed by atoms with E-state index in [4.69, 9.17) is 9.47 Å². The van der Waals surface area contributed by atoms with Crippen LogP contribution in [0, 0.1) is 19.7 Å². The van der Waals surface area contributed by atoms with Crippen molar-refractivity contribution >= 4 is 16.6 Å². The molecule has 1 unspecified atom stereocenters. The van der Waals surface area contributed by atoms with E-state index in [0.29, 0.717) is 22.3 Å². The molecule has 0 aliphatic rings. The fraction of sp³-hybridized carbons (Fsp3) is 0.278. The molecule has 140 valence electrons. The Bertz CT molecular complexity index is 1140. The second-order valence-corrected chi connectivity index (χ2v) is 6.39. The van der Waals surface area contributed by atoms with Gasteiger partial charge in [-0.15, -0.1) is 0 Å². The number of hydrogen-bond donors (Lipinski definition) is 2. The van der Waals surface area contributed by atoms with Crippen LogP contribution < -0.4 is 9.47 Å². The Morgan fingerprint density at radius 1 is 1.30 bits per heavy atom. The van der Waals surface area contributed by atoms with Gasteiger partial charge in [0, 0.05) is 11.3 Å². The van der Waals surface area contributed by atoms with Crippen molar-refractivity contribution in [1.82, 2.24) is 24.6 Å². The number of H-pyrrole nitrogens is 1. The van der Waals surface area contributed by atoms with Crippen LogP contribution in [-0.2, 0) is 0 Å². The van der Waals surface area contributed by atoms with Gasteiger partial charge in [0.05, 0.1) is 23.9 Å². The molecule has 0 bridgehead atoms. The van der Waals surface area contributed by atoms with Gasteiger partial charge >= 0.3 is 0 Å². The fourth-order valence-electron chi connectivity index (χ4n) is 2.87. The Morgan fingerprint density at radius 2 is 2.11 bits per heavy atom. The van der Waals surface area contributed by atoms with Crippen molar-refractivity contribution in [3.63, 3.8) is 0 Å². The largest absolute Gasteiger partial charge is 0.489 e. The lowest BCUT2D eigenvalue weighted by Gasteiger charge is -2.08. The number of nitrogens with one attached hydrogen (secondary N) is 1. The van der Waals surface area contributed by atoms with Gasteiger partial charge in [-0.05, 0) is 26.8 Å². The molecule has 4 heterocycles. The molecule has 4 aromatic heterocycles. The van der Waals surface area contributed by atoms with E-state index < -0.39 is 11.9 Å². The van der Waals surface area contributed by atoms with Gasteiger partial charge < -0.3 is 19.6 Å². The Balaban J connectivity index is 1.75. The van der Waals surface area contributed by atoms with Crippen molar-refractivity contribution in [2.75, 3.05) is 6.61 Å². The molecule has 0 saturated carbocycles. The molecule has 2 N–H and O–H groups in total. The summed E-state index contributed by atoms with van der Waals surface area (Å²) in [5.74, 6) is 0.170.